The number of carbonyl (C=O) groups excluding carboxylic acids is 1. The summed E-state index contributed by atoms with van der Waals surface area (Å²) >= 11 is 0. The van der Waals surface area contributed by atoms with Crippen LogP contribution in [0.4, 0.5) is 18.0 Å². The summed E-state index contributed by atoms with van der Waals surface area (Å²) in [6, 6.07) is 0. The zero-order valence-corrected chi connectivity index (χ0v) is 9.00. The Kier molecular flexibility index (Phi) is 4.99. The molecule has 0 aromatic carbocycles. The van der Waals surface area contributed by atoms with E-state index in [2.05, 4.69) is 11.3 Å². The first-order valence-electron chi connectivity index (χ1n) is 4.47. The highest BCUT2D eigenvalue weighted by atomic mass is 19.4. The number of alkyl halides is 3. The van der Waals surface area contributed by atoms with E-state index in [9.17, 15) is 22.8 Å². The summed E-state index contributed by atoms with van der Waals surface area (Å²) in [6.07, 6.45) is -6.38. The third-order valence-corrected chi connectivity index (χ3v) is 1.84. The lowest BCUT2D eigenvalue weighted by atomic mass is 9.97. The number of halogens is 3. The number of aliphatic carboxylic acids is 1. The molecule has 0 aromatic heterocycles. The van der Waals surface area contributed by atoms with Gasteiger partial charge in [-0.3, -0.25) is 4.79 Å². The maximum atomic E-state index is 12.6. The molecule has 0 aliphatic heterocycles. The van der Waals surface area contributed by atoms with Crippen LogP contribution in [-0.4, -0.2) is 35.5 Å². The Morgan fingerprint density at radius 3 is 2.35 bits per heavy atom. The fraction of sp³-hybridized carbons (Fsp3) is 0.556. The van der Waals surface area contributed by atoms with Gasteiger partial charge in [0.25, 0.3) is 0 Å². The lowest BCUT2D eigenvalue weighted by Crippen LogP contribution is -2.57. The van der Waals surface area contributed by atoms with Gasteiger partial charge in [-0.25, -0.2) is 4.79 Å². The molecule has 0 rings (SSSR count). The number of hydrogen-bond acceptors (Lipinski definition) is 3. The molecular formula is C9H12F3NO4. The lowest BCUT2D eigenvalue weighted by molar-refractivity contribution is -0.195. The highest BCUT2D eigenvalue weighted by Gasteiger charge is 2.53. The predicted molar refractivity (Wildman–Crippen MR) is 51.4 cm³/mol. The summed E-state index contributed by atoms with van der Waals surface area (Å²) in [6.45, 7) is 3.50. The van der Waals surface area contributed by atoms with E-state index in [-0.39, 0.29) is 6.61 Å². The van der Waals surface area contributed by atoms with Gasteiger partial charge in [0.15, 0.2) is 0 Å². The minimum absolute atomic E-state index is 0.271. The van der Waals surface area contributed by atoms with E-state index in [4.69, 9.17) is 5.11 Å². The number of carbonyl (C=O) groups is 2. The van der Waals surface area contributed by atoms with Crippen LogP contribution in [0, 0.1) is 0 Å². The van der Waals surface area contributed by atoms with E-state index >= 15 is 0 Å². The number of ether oxygens (including phenoxy) is 1. The highest BCUT2D eigenvalue weighted by molar-refractivity contribution is 5.73. The Bertz CT molecular complexity index is 316. The average molecular weight is 255 g/mol. The summed E-state index contributed by atoms with van der Waals surface area (Å²) in [5, 5.41) is 9.88. The summed E-state index contributed by atoms with van der Waals surface area (Å²) < 4.78 is 42.1. The number of hydrogen-bond donors (Lipinski definition) is 2. The Balaban J connectivity index is 4.77. The molecule has 0 bridgehead atoms. The quantitative estimate of drug-likeness (QED) is 0.733. The van der Waals surface area contributed by atoms with Crippen molar-refractivity contribution in [2.24, 2.45) is 0 Å². The van der Waals surface area contributed by atoms with Crippen molar-refractivity contribution in [3.8, 4) is 0 Å². The second-order valence-corrected chi connectivity index (χ2v) is 3.41. The van der Waals surface area contributed by atoms with Crippen molar-refractivity contribution in [2.45, 2.75) is 25.1 Å². The van der Waals surface area contributed by atoms with Gasteiger partial charge < -0.3 is 15.2 Å². The molecule has 98 valence electrons. The third-order valence-electron chi connectivity index (χ3n) is 1.84. The van der Waals surface area contributed by atoms with Crippen molar-refractivity contribution in [3.05, 3.63) is 12.7 Å². The first kappa shape index (κ1) is 15.3. The molecule has 0 aromatic rings. The molecule has 0 radical (unpaired) electrons. The van der Waals surface area contributed by atoms with Gasteiger partial charge in [0.2, 0.25) is 0 Å². The smallest absolute Gasteiger partial charge is 0.411 e. The minimum atomic E-state index is -4.90. The van der Waals surface area contributed by atoms with Gasteiger partial charge in [-0.05, 0) is 6.92 Å². The number of nitrogens with one attached hydrogen (secondary N) is 1. The minimum Gasteiger partial charge on any atom is -0.481 e. The standard InChI is InChI=1S/C9H12F3NO4/c1-3-4-17-7(16)13-8(2,5-6(14)15)9(10,11)12/h3H,1,4-5H2,2H3,(H,13,16)(H,14,15). The summed E-state index contributed by atoms with van der Waals surface area (Å²) in [7, 11) is 0. The van der Waals surface area contributed by atoms with Gasteiger partial charge in [-0.1, -0.05) is 12.7 Å². The van der Waals surface area contributed by atoms with Gasteiger partial charge in [-0.2, -0.15) is 13.2 Å². The second-order valence-electron chi connectivity index (χ2n) is 3.41. The fourth-order valence-electron chi connectivity index (χ4n) is 0.914. The Labute approximate surface area is 95.2 Å². The SMILES string of the molecule is C=CCOC(=O)NC(C)(CC(=O)O)C(F)(F)F. The van der Waals surface area contributed by atoms with Crippen LogP contribution in [0.2, 0.25) is 0 Å². The van der Waals surface area contributed by atoms with Crippen molar-refractivity contribution in [1.82, 2.24) is 5.32 Å². The number of rotatable bonds is 5. The van der Waals surface area contributed by atoms with E-state index in [0.717, 1.165) is 0 Å². The van der Waals surface area contributed by atoms with E-state index in [1.807, 2.05) is 0 Å². The zero-order valence-electron chi connectivity index (χ0n) is 9.00. The average Bonchev–Trinajstić information content (AvgIpc) is 2.11. The number of alkyl carbamates (subject to hydrolysis) is 1. The van der Waals surface area contributed by atoms with Gasteiger partial charge in [0.05, 0.1) is 6.42 Å². The highest BCUT2D eigenvalue weighted by Crippen LogP contribution is 2.32. The number of carboxylic acids is 1. The first-order valence-corrected chi connectivity index (χ1v) is 4.47. The van der Waals surface area contributed by atoms with Crippen molar-refractivity contribution in [2.75, 3.05) is 6.61 Å². The molecule has 2 N–H and O–H groups in total. The molecular weight excluding hydrogens is 243 g/mol. The van der Waals surface area contributed by atoms with E-state index < -0.39 is 30.2 Å². The molecule has 0 fully saturated rings. The molecule has 8 heteroatoms. The van der Waals surface area contributed by atoms with Crippen LogP contribution in [0.15, 0.2) is 12.7 Å². The molecule has 1 atom stereocenters. The molecule has 5 nitrogen and oxygen atoms in total. The van der Waals surface area contributed by atoms with Crippen molar-refractivity contribution in [1.29, 1.82) is 0 Å². The lowest BCUT2D eigenvalue weighted by Gasteiger charge is -2.30. The van der Waals surface area contributed by atoms with Crippen LogP contribution in [0.1, 0.15) is 13.3 Å². The third kappa shape index (κ3) is 4.75. The largest absolute Gasteiger partial charge is 0.481 e. The summed E-state index contributed by atoms with van der Waals surface area (Å²) in [5.74, 6) is -1.69. The topological polar surface area (TPSA) is 75.6 Å². The molecule has 1 unspecified atom stereocenters. The number of carboxylic acid groups (broad SMARTS) is 1. The molecule has 0 saturated carbocycles. The van der Waals surface area contributed by atoms with E-state index in [1.165, 1.54) is 11.4 Å². The maximum absolute atomic E-state index is 12.6. The molecule has 0 aliphatic rings. The van der Waals surface area contributed by atoms with Crippen LogP contribution in [0.25, 0.3) is 0 Å². The normalized spacial score (nSPS) is 14.6. The Hall–Kier alpha value is -1.73. The molecule has 1 amide bonds. The van der Waals surface area contributed by atoms with Crippen LogP contribution < -0.4 is 5.32 Å². The molecule has 0 heterocycles. The number of amides is 1. The van der Waals surface area contributed by atoms with E-state index in [0.29, 0.717) is 6.92 Å². The monoisotopic (exact) mass is 255 g/mol. The maximum Gasteiger partial charge on any atom is 0.411 e. The zero-order chi connectivity index (χ0) is 13.7. The molecule has 0 saturated heterocycles. The van der Waals surface area contributed by atoms with Gasteiger partial charge >= 0.3 is 18.2 Å². The summed E-state index contributed by atoms with van der Waals surface area (Å²) in [4.78, 5) is 21.3. The van der Waals surface area contributed by atoms with Crippen molar-refractivity contribution < 1.29 is 32.6 Å². The predicted octanol–water partition coefficient (Wildman–Crippen LogP) is 1.69. The molecule has 0 spiro atoms. The van der Waals surface area contributed by atoms with E-state index in [1.54, 1.807) is 0 Å². The van der Waals surface area contributed by atoms with Crippen molar-refractivity contribution >= 4 is 12.1 Å². The Morgan fingerprint density at radius 1 is 1.47 bits per heavy atom. The molecule has 0 aliphatic carbocycles. The van der Waals surface area contributed by atoms with Crippen LogP contribution >= 0.6 is 0 Å². The first-order chi connectivity index (χ1) is 7.62. The molecule has 17 heavy (non-hydrogen) atoms. The van der Waals surface area contributed by atoms with Crippen LogP contribution in [0.5, 0.6) is 0 Å². The van der Waals surface area contributed by atoms with Gasteiger partial charge in [0.1, 0.15) is 12.1 Å². The van der Waals surface area contributed by atoms with Crippen LogP contribution in [0.3, 0.4) is 0 Å². The Morgan fingerprint density at radius 2 is 2.00 bits per heavy atom. The van der Waals surface area contributed by atoms with Gasteiger partial charge in [-0.15, -0.1) is 0 Å². The van der Waals surface area contributed by atoms with Crippen molar-refractivity contribution in [3.63, 3.8) is 0 Å². The second kappa shape index (κ2) is 5.55. The van der Waals surface area contributed by atoms with Crippen LogP contribution in [-0.2, 0) is 9.53 Å². The van der Waals surface area contributed by atoms with Gasteiger partial charge in [0, 0.05) is 0 Å². The summed E-state index contributed by atoms with van der Waals surface area (Å²) in [5.41, 5.74) is -2.88. The fourth-order valence-corrected chi connectivity index (χ4v) is 0.914.